The number of aromatic nitrogens is 2. The van der Waals surface area contributed by atoms with Gasteiger partial charge in [0.1, 0.15) is 5.69 Å². The molecule has 8 nitrogen and oxygen atoms in total. The van der Waals surface area contributed by atoms with Crippen LogP contribution in [0.25, 0.3) is 4.96 Å². The summed E-state index contributed by atoms with van der Waals surface area (Å²) >= 11 is 1.45. The molecule has 0 aliphatic heterocycles. The standard InChI is InChI=1S/C15H13N5O3S/c1-9(11-3-5-12(6-4-11)20(22)23)17-18-14(21)13-10(2)16-15-19(13)7-8-24-15/h3-8H,1-2H3,(H,18,21)/b17-9+. The highest BCUT2D eigenvalue weighted by atomic mass is 32.1. The average Bonchev–Trinajstić information content (AvgIpc) is 3.12. The zero-order valence-electron chi connectivity index (χ0n) is 12.9. The summed E-state index contributed by atoms with van der Waals surface area (Å²) in [5.74, 6) is -0.361. The maximum Gasteiger partial charge on any atom is 0.290 e. The van der Waals surface area contributed by atoms with Crippen molar-refractivity contribution >= 4 is 33.6 Å². The molecule has 0 aliphatic carbocycles. The van der Waals surface area contributed by atoms with Gasteiger partial charge in [-0.25, -0.2) is 10.4 Å². The molecular formula is C15H13N5O3S. The Balaban J connectivity index is 1.79. The van der Waals surface area contributed by atoms with Crippen LogP contribution in [0.2, 0.25) is 0 Å². The van der Waals surface area contributed by atoms with Crippen LogP contribution in [0.4, 0.5) is 5.69 Å². The van der Waals surface area contributed by atoms with Gasteiger partial charge in [-0.15, -0.1) is 11.3 Å². The van der Waals surface area contributed by atoms with Crippen molar-refractivity contribution in [3.63, 3.8) is 0 Å². The second-order valence-electron chi connectivity index (χ2n) is 5.04. The van der Waals surface area contributed by atoms with Gasteiger partial charge in [0, 0.05) is 23.7 Å². The molecule has 0 spiro atoms. The van der Waals surface area contributed by atoms with E-state index in [-0.39, 0.29) is 11.6 Å². The Morgan fingerprint density at radius 1 is 1.38 bits per heavy atom. The van der Waals surface area contributed by atoms with E-state index in [0.29, 0.717) is 22.7 Å². The molecule has 3 rings (SSSR count). The predicted molar refractivity (Wildman–Crippen MR) is 90.6 cm³/mol. The highest BCUT2D eigenvalue weighted by Crippen LogP contribution is 2.17. The van der Waals surface area contributed by atoms with Crippen molar-refractivity contribution in [1.82, 2.24) is 14.8 Å². The lowest BCUT2D eigenvalue weighted by Gasteiger charge is -2.03. The van der Waals surface area contributed by atoms with E-state index in [1.165, 1.54) is 23.5 Å². The molecular weight excluding hydrogens is 330 g/mol. The first-order valence-corrected chi connectivity index (χ1v) is 7.87. The number of carbonyl (C=O) groups excluding carboxylic acids is 1. The number of benzene rings is 1. The second-order valence-corrected chi connectivity index (χ2v) is 5.92. The van der Waals surface area contributed by atoms with Gasteiger partial charge in [0.05, 0.1) is 16.3 Å². The van der Waals surface area contributed by atoms with E-state index in [1.54, 1.807) is 36.6 Å². The molecule has 1 N–H and O–H groups in total. The summed E-state index contributed by atoms with van der Waals surface area (Å²) in [6.07, 6.45) is 1.78. The van der Waals surface area contributed by atoms with Gasteiger partial charge < -0.3 is 0 Å². The van der Waals surface area contributed by atoms with Crippen LogP contribution in [0, 0.1) is 17.0 Å². The highest BCUT2D eigenvalue weighted by molar-refractivity contribution is 7.15. The van der Waals surface area contributed by atoms with E-state index < -0.39 is 4.92 Å². The van der Waals surface area contributed by atoms with Crippen LogP contribution in [-0.4, -0.2) is 25.9 Å². The number of nitro benzene ring substituents is 1. The van der Waals surface area contributed by atoms with Crippen LogP contribution in [-0.2, 0) is 0 Å². The maximum atomic E-state index is 12.4. The number of amides is 1. The number of hydrogen-bond donors (Lipinski definition) is 1. The predicted octanol–water partition coefficient (Wildman–Crippen LogP) is 2.77. The molecule has 24 heavy (non-hydrogen) atoms. The molecule has 0 aliphatic rings. The minimum Gasteiger partial charge on any atom is -0.286 e. The van der Waals surface area contributed by atoms with E-state index in [0.717, 1.165) is 4.96 Å². The van der Waals surface area contributed by atoms with Crippen molar-refractivity contribution in [3.05, 3.63) is 62.9 Å². The summed E-state index contributed by atoms with van der Waals surface area (Å²) in [5, 5.41) is 16.6. The number of hydrazone groups is 1. The average molecular weight is 343 g/mol. The fraction of sp³-hybridized carbons (Fsp3) is 0.133. The number of nitrogens with zero attached hydrogens (tertiary/aromatic N) is 4. The van der Waals surface area contributed by atoms with Crippen molar-refractivity contribution in [2.45, 2.75) is 13.8 Å². The fourth-order valence-electron chi connectivity index (χ4n) is 2.24. The summed E-state index contributed by atoms with van der Waals surface area (Å²) in [6.45, 7) is 3.48. The van der Waals surface area contributed by atoms with Gasteiger partial charge in [-0.05, 0) is 31.5 Å². The number of rotatable bonds is 4. The molecule has 1 aromatic carbocycles. The van der Waals surface area contributed by atoms with Gasteiger partial charge in [0.15, 0.2) is 4.96 Å². The number of hydrogen-bond acceptors (Lipinski definition) is 6. The van der Waals surface area contributed by atoms with Crippen LogP contribution in [0.5, 0.6) is 0 Å². The van der Waals surface area contributed by atoms with Crippen LogP contribution in [0.3, 0.4) is 0 Å². The number of thiazole rings is 1. The second kappa shape index (κ2) is 6.20. The largest absolute Gasteiger partial charge is 0.290 e. The quantitative estimate of drug-likeness (QED) is 0.447. The minimum atomic E-state index is -0.466. The third-order valence-electron chi connectivity index (χ3n) is 3.47. The van der Waals surface area contributed by atoms with E-state index in [1.807, 2.05) is 5.38 Å². The molecule has 0 fully saturated rings. The van der Waals surface area contributed by atoms with Crippen molar-refractivity contribution < 1.29 is 9.72 Å². The topological polar surface area (TPSA) is 102 Å². The van der Waals surface area contributed by atoms with Gasteiger partial charge >= 0.3 is 0 Å². The van der Waals surface area contributed by atoms with Crippen LogP contribution < -0.4 is 5.43 Å². The molecule has 0 saturated heterocycles. The summed E-state index contributed by atoms with van der Waals surface area (Å²) in [7, 11) is 0. The zero-order valence-corrected chi connectivity index (χ0v) is 13.7. The number of non-ortho nitro benzene ring substituents is 1. The Kier molecular flexibility index (Phi) is 4.09. The van der Waals surface area contributed by atoms with Crippen LogP contribution >= 0.6 is 11.3 Å². The molecule has 0 unspecified atom stereocenters. The van der Waals surface area contributed by atoms with Gasteiger partial charge in [0.25, 0.3) is 11.6 Å². The summed E-state index contributed by atoms with van der Waals surface area (Å²) in [6, 6.07) is 5.97. The molecule has 122 valence electrons. The summed E-state index contributed by atoms with van der Waals surface area (Å²) in [4.78, 5) is 27.6. The number of nitrogens with one attached hydrogen (secondary N) is 1. The molecule has 0 bridgehead atoms. The molecule has 9 heteroatoms. The Labute approximate surface area is 140 Å². The smallest absolute Gasteiger partial charge is 0.286 e. The normalized spacial score (nSPS) is 11.7. The van der Waals surface area contributed by atoms with E-state index in [2.05, 4.69) is 15.5 Å². The van der Waals surface area contributed by atoms with Crippen molar-refractivity contribution in [1.29, 1.82) is 0 Å². The van der Waals surface area contributed by atoms with E-state index in [9.17, 15) is 14.9 Å². The number of imidazole rings is 1. The fourth-order valence-corrected chi connectivity index (χ4v) is 3.00. The number of nitro groups is 1. The first kappa shape index (κ1) is 15.8. The molecule has 3 aromatic rings. The molecule has 0 radical (unpaired) electrons. The first-order valence-electron chi connectivity index (χ1n) is 6.99. The lowest BCUT2D eigenvalue weighted by molar-refractivity contribution is -0.384. The maximum absolute atomic E-state index is 12.4. The van der Waals surface area contributed by atoms with Crippen LogP contribution in [0.1, 0.15) is 28.7 Å². The highest BCUT2D eigenvalue weighted by Gasteiger charge is 2.17. The first-order chi connectivity index (χ1) is 11.5. The Morgan fingerprint density at radius 3 is 2.75 bits per heavy atom. The van der Waals surface area contributed by atoms with Crippen LogP contribution in [0.15, 0.2) is 40.9 Å². The Bertz CT molecular complexity index is 955. The number of aryl methyl sites for hydroxylation is 1. The molecule has 2 heterocycles. The summed E-state index contributed by atoms with van der Waals surface area (Å²) in [5.41, 5.74) is 4.80. The molecule has 0 saturated carbocycles. The van der Waals surface area contributed by atoms with E-state index in [4.69, 9.17) is 0 Å². The molecule has 2 aromatic heterocycles. The van der Waals surface area contributed by atoms with E-state index >= 15 is 0 Å². The van der Waals surface area contributed by atoms with Crippen molar-refractivity contribution in [2.24, 2.45) is 5.10 Å². The minimum absolute atomic E-state index is 0.00493. The summed E-state index contributed by atoms with van der Waals surface area (Å²) < 4.78 is 1.71. The number of fused-ring (bicyclic) bond motifs is 1. The third kappa shape index (κ3) is 2.88. The SMILES string of the molecule is C/C(=N\NC(=O)c1c(C)nc2sccn12)c1ccc([N+](=O)[O-])cc1. The van der Waals surface area contributed by atoms with Crippen molar-refractivity contribution in [3.8, 4) is 0 Å². The van der Waals surface area contributed by atoms with Gasteiger partial charge in [-0.3, -0.25) is 19.3 Å². The molecule has 1 amide bonds. The zero-order chi connectivity index (χ0) is 17.3. The lowest BCUT2D eigenvalue weighted by atomic mass is 10.1. The van der Waals surface area contributed by atoms with Gasteiger partial charge in [-0.1, -0.05) is 0 Å². The Hall–Kier alpha value is -3.07. The van der Waals surface area contributed by atoms with Gasteiger partial charge in [-0.2, -0.15) is 5.10 Å². The number of carbonyl (C=O) groups is 1. The monoisotopic (exact) mass is 343 g/mol. The lowest BCUT2D eigenvalue weighted by Crippen LogP contribution is -2.21. The Morgan fingerprint density at radius 2 is 2.08 bits per heavy atom. The van der Waals surface area contributed by atoms with Crippen molar-refractivity contribution in [2.75, 3.05) is 0 Å². The third-order valence-corrected chi connectivity index (χ3v) is 4.23. The molecule has 0 atom stereocenters. The van der Waals surface area contributed by atoms with Gasteiger partial charge in [0.2, 0.25) is 0 Å².